The third kappa shape index (κ3) is 4.51. The molecule has 6 heteroatoms. The molecule has 3 atom stereocenters. The molecule has 0 spiro atoms. The molecule has 3 rings (SSSR count). The third-order valence-corrected chi connectivity index (χ3v) is 5.22. The molecule has 0 unspecified atom stereocenters. The summed E-state index contributed by atoms with van der Waals surface area (Å²) in [6.07, 6.45) is 3.70. The van der Waals surface area contributed by atoms with Gasteiger partial charge in [0, 0.05) is 18.7 Å². The first-order chi connectivity index (χ1) is 12.2. The second-order valence-corrected chi connectivity index (χ2v) is 6.95. The van der Waals surface area contributed by atoms with E-state index in [4.69, 9.17) is 4.74 Å². The Labute approximate surface area is 149 Å². The van der Waals surface area contributed by atoms with Gasteiger partial charge in [0.1, 0.15) is 5.75 Å². The molecular formula is C19H29N3O3. The van der Waals surface area contributed by atoms with E-state index in [0.29, 0.717) is 19.5 Å². The van der Waals surface area contributed by atoms with Gasteiger partial charge in [0.25, 0.3) is 0 Å². The van der Waals surface area contributed by atoms with Gasteiger partial charge in [0.2, 0.25) is 5.91 Å². The zero-order valence-electron chi connectivity index (χ0n) is 14.9. The van der Waals surface area contributed by atoms with E-state index in [0.717, 1.165) is 24.4 Å². The van der Waals surface area contributed by atoms with Gasteiger partial charge in [0.15, 0.2) is 0 Å². The van der Waals surface area contributed by atoms with Crippen LogP contribution in [0.3, 0.4) is 0 Å². The van der Waals surface area contributed by atoms with Crippen molar-refractivity contribution in [2.75, 3.05) is 33.3 Å². The van der Waals surface area contributed by atoms with Crippen LogP contribution < -0.4 is 15.4 Å². The second kappa shape index (κ2) is 8.65. The van der Waals surface area contributed by atoms with Crippen LogP contribution >= 0.6 is 0 Å². The van der Waals surface area contributed by atoms with Gasteiger partial charge in [-0.05, 0) is 38.4 Å². The second-order valence-electron chi connectivity index (χ2n) is 6.95. The number of piperidine rings is 1. The van der Waals surface area contributed by atoms with E-state index in [1.807, 2.05) is 18.2 Å². The summed E-state index contributed by atoms with van der Waals surface area (Å²) < 4.78 is 5.55. The lowest BCUT2D eigenvalue weighted by Gasteiger charge is -2.35. The molecule has 2 fully saturated rings. The van der Waals surface area contributed by atoms with Crippen LogP contribution in [0, 0.1) is 0 Å². The lowest BCUT2D eigenvalue weighted by Crippen LogP contribution is -2.45. The minimum Gasteiger partial charge on any atom is -0.496 e. The molecule has 0 saturated carbocycles. The number of para-hydroxylation sites is 1. The minimum absolute atomic E-state index is 0.0338. The number of methoxy groups -OCH3 is 1. The Morgan fingerprint density at radius 2 is 2.12 bits per heavy atom. The van der Waals surface area contributed by atoms with Gasteiger partial charge in [-0.15, -0.1) is 0 Å². The Kier molecular flexibility index (Phi) is 6.29. The Morgan fingerprint density at radius 1 is 1.36 bits per heavy atom. The van der Waals surface area contributed by atoms with Crippen molar-refractivity contribution in [3.63, 3.8) is 0 Å². The van der Waals surface area contributed by atoms with Gasteiger partial charge in [-0.2, -0.15) is 0 Å². The molecule has 0 aromatic heterocycles. The number of ether oxygens (including phenoxy) is 1. The quantitative estimate of drug-likeness (QED) is 0.718. The number of rotatable bonds is 6. The molecule has 25 heavy (non-hydrogen) atoms. The lowest BCUT2D eigenvalue weighted by molar-refractivity contribution is -0.123. The normalized spacial score (nSPS) is 25.5. The number of carbonyl (C=O) groups excluding carboxylic acids is 1. The Hall–Kier alpha value is -1.63. The summed E-state index contributed by atoms with van der Waals surface area (Å²) in [7, 11) is 1.69. The first-order valence-corrected chi connectivity index (χ1v) is 9.25. The minimum atomic E-state index is -0.428. The number of aliphatic hydroxyl groups is 1. The maximum atomic E-state index is 12.4. The molecule has 0 radical (unpaired) electrons. The molecule has 2 aliphatic heterocycles. The third-order valence-electron chi connectivity index (χ3n) is 5.22. The number of hydrogen-bond acceptors (Lipinski definition) is 5. The highest BCUT2D eigenvalue weighted by Crippen LogP contribution is 2.30. The number of aliphatic hydroxyl groups excluding tert-OH is 1. The summed E-state index contributed by atoms with van der Waals surface area (Å²) >= 11 is 0. The van der Waals surface area contributed by atoms with Gasteiger partial charge in [0.05, 0.1) is 25.3 Å². The van der Waals surface area contributed by atoms with Crippen molar-refractivity contribution < 1.29 is 14.6 Å². The monoisotopic (exact) mass is 347 g/mol. The average molecular weight is 347 g/mol. The molecule has 2 heterocycles. The Morgan fingerprint density at radius 3 is 2.80 bits per heavy atom. The fourth-order valence-electron chi connectivity index (χ4n) is 3.84. The molecule has 138 valence electrons. The largest absolute Gasteiger partial charge is 0.496 e. The summed E-state index contributed by atoms with van der Waals surface area (Å²) in [6.45, 7) is 3.12. The summed E-state index contributed by atoms with van der Waals surface area (Å²) in [4.78, 5) is 14.9. The molecule has 0 bridgehead atoms. The highest BCUT2D eigenvalue weighted by Gasteiger charge is 2.30. The molecule has 1 amide bonds. The molecule has 2 aliphatic rings. The first-order valence-electron chi connectivity index (χ1n) is 9.25. The Balaban J connectivity index is 1.71. The van der Waals surface area contributed by atoms with Gasteiger partial charge in [-0.25, -0.2) is 0 Å². The number of amides is 1. The van der Waals surface area contributed by atoms with Crippen LogP contribution in [0.15, 0.2) is 24.3 Å². The maximum absolute atomic E-state index is 12.4. The predicted molar refractivity (Wildman–Crippen MR) is 96.6 cm³/mol. The van der Waals surface area contributed by atoms with Crippen LogP contribution in [0.2, 0.25) is 0 Å². The van der Waals surface area contributed by atoms with Crippen molar-refractivity contribution in [1.82, 2.24) is 15.5 Å². The fraction of sp³-hybridized carbons (Fsp3) is 0.632. The van der Waals surface area contributed by atoms with Crippen LogP contribution in [0.5, 0.6) is 5.75 Å². The van der Waals surface area contributed by atoms with E-state index in [1.54, 1.807) is 7.11 Å². The van der Waals surface area contributed by atoms with Gasteiger partial charge in [-0.3, -0.25) is 9.69 Å². The van der Waals surface area contributed by atoms with E-state index in [1.165, 1.54) is 19.3 Å². The molecule has 6 nitrogen and oxygen atoms in total. The van der Waals surface area contributed by atoms with Crippen LogP contribution in [0.25, 0.3) is 0 Å². The summed E-state index contributed by atoms with van der Waals surface area (Å²) in [5.41, 5.74) is 1.12. The zero-order chi connectivity index (χ0) is 17.6. The van der Waals surface area contributed by atoms with E-state index in [-0.39, 0.29) is 18.0 Å². The number of carbonyl (C=O) groups is 1. The van der Waals surface area contributed by atoms with Gasteiger partial charge in [-0.1, -0.05) is 24.6 Å². The van der Waals surface area contributed by atoms with Crippen LogP contribution in [-0.4, -0.2) is 61.3 Å². The summed E-state index contributed by atoms with van der Waals surface area (Å²) in [5, 5.41) is 15.8. The number of β-amino-alcohol motifs (C(OH)–C–C–N with tert-alkyl or cyclic N) is 1. The van der Waals surface area contributed by atoms with Crippen molar-refractivity contribution in [2.24, 2.45) is 0 Å². The topological polar surface area (TPSA) is 73.8 Å². The van der Waals surface area contributed by atoms with Crippen LogP contribution in [-0.2, 0) is 4.79 Å². The molecule has 1 aromatic carbocycles. The standard InChI is InChI=1S/C19H29N3O3/c1-25-18-8-4-3-7-15(18)17(22-9-5-2-6-10-22)13-21-19(24)16-11-14(23)12-20-16/h3-4,7-8,14,16-17,20,23H,2,5-6,9-13H2,1H3,(H,21,24)/t14-,16+,17-/m0/s1. The van der Waals surface area contributed by atoms with Crippen LogP contribution in [0.1, 0.15) is 37.3 Å². The van der Waals surface area contributed by atoms with Crippen LogP contribution in [0.4, 0.5) is 0 Å². The number of nitrogens with zero attached hydrogens (tertiary/aromatic N) is 1. The Bertz CT molecular complexity index is 575. The maximum Gasteiger partial charge on any atom is 0.237 e. The predicted octanol–water partition coefficient (Wildman–Crippen LogP) is 1.06. The molecular weight excluding hydrogens is 318 g/mol. The zero-order valence-corrected chi connectivity index (χ0v) is 14.9. The highest BCUT2D eigenvalue weighted by molar-refractivity contribution is 5.82. The van der Waals surface area contributed by atoms with E-state index in [9.17, 15) is 9.90 Å². The molecule has 1 aromatic rings. The van der Waals surface area contributed by atoms with Gasteiger partial charge < -0.3 is 20.5 Å². The number of benzene rings is 1. The molecule has 2 saturated heterocycles. The first kappa shape index (κ1) is 18.2. The van der Waals surface area contributed by atoms with Crippen molar-refractivity contribution in [2.45, 2.75) is 43.9 Å². The van der Waals surface area contributed by atoms with Crippen molar-refractivity contribution in [3.05, 3.63) is 29.8 Å². The average Bonchev–Trinajstić information content (AvgIpc) is 3.09. The van der Waals surface area contributed by atoms with Gasteiger partial charge >= 0.3 is 0 Å². The van der Waals surface area contributed by atoms with E-state index in [2.05, 4.69) is 21.6 Å². The fourth-order valence-corrected chi connectivity index (χ4v) is 3.84. The van der Waals surface area contributed by atoms with E-state index < -0.39 is 6.10 Å². The molecule has 0 aliphatic carbocycles. The van der Waals surface area contributed by atoms with Crippen molar-refractivity contribution in [1.29, 1.82) is 0 Å². The van der Waals surface area contributed by atoms with E-state index >= 15 is 0 Å². The van der Waals surface area contributed by atoms with Crippen molar-refractivity contribution >= 4 is 5.91 Å². The summed E-state index contributed by atoms with van der Waals surface area (Å²) in [6, 6.07) is 7.86. The smallest absolute Gasteiger partial charge is 0.237 e. The number of nitrogens with one attached hydrogen (secondary N) is 2. The lowest BCUT2D eigenvalue weighted by atomic mass is 10.0. The number of hydrogen-bond donors (Lipinski definition) is 3. The summed E-state index contributed by atoms with van der Waals surface area (Å²) in [5.74, 6) is 0.829. The SMILES string of the molecule is COc1ccccc1[C@H](CNC(=O)[C@H]1C[C@H](O)CN1)N1CCCCC1. The number of likely N-dealkylation sites (tertiary alicyclic amines) is 1. The highest BCUT2D eigenvalue weighted by atomic mass is 16.5. The molecule has 3 N–H and O–H groups in total. The van der Waals surface area contributed by atoms with Crippen molar-refractivity contribution in [3.8, 4) is 5.75 Å².